The number of anilines is 2. The third-order valence-corrected chi connectivity index (χ3v) is 7.00. The highest BCUT2D eigenvalue weighted by Gasteiger charge is 2.23. The summed E-state index contributed by atoms with van der Waals surface area (Å²) in [6, 6.07) is 10.7. The Balaban J connectivity index is 1.61. The van der Waals surface area contributed by atoms with Crippen LogP contribution in [0.4, 0.5) is 15.2 Å². The summed E-state index contributed by atoms with van der Waals surface area (Å²) in [6.45, 7) is 2.64. The molecule has 2 aromatic carbocycles. The molecule has 0 amide bonds. The highest BCUT2D eigenvalue weighted by atomic mass is 32.2. The number of ether oxygens (including phenoxy) is 1. The van der Waals surface area contributed by atoms with Crippen LogP contribution in [0.1, 0.15) is 17.0 Å². The Morgan fingerprint density at radius 1 is 1.39 bits per heavy atom. The van der Waals surface area contributed by atoms with E-state index in [1.165, 1.54) is 29.0 Å². The van der Waals surface area contributed by atoms with Crippen molar-refractivity contribution in [3.63, 3.8) is 0 Å². The van der Waals surface area contributed by atoms with Crippen LogP contribution >= 0.6 is 11.3 Å². The van der Waals surface area contributed by atoms with Crippen molar-refractivity contribution in [2.45, 2.75) is 17.4 Å². The number of nitrogens with zero attached hydrogens (tertiary/aromatic N) is 2. The van der Waals surface area contributed by atoms with Crippen molar-refractivity contribution in [2.24, 2.45) is 0 Å². The van der Waals surface area contributed by atoms with E-state index in [-0.39, 0.29) is 17.1 Å². The van der Waals surface area contributed by atoms with Gasteiger partial charge < -0.3 is 15.0 Å². The summed E-state index contributed by atoms with van der Waals surface area (Å²) in [6.07, 6.45) is 1.55. The zero-order valence-corrected chi connectivity index (χ0v) is 18.3. The Morgan fingerprint density at radius 3 is 2.87 bits per heavy atom. The molecule has 1 unspecified atom stereocenters. The SMILES string of the molecule is CN(Cc1ccccc1C1CNC1)c1cc(F)c(S(=O)Nc2nccs2)cc1OC=O. The molecule has 7 nitrogen and oxygen atoms in total. The summed E-state index contributed by atoms with van der Waals surface area (Å²) in [5.41, 5.74) is 2.75. The second-order valence-electron chi connectivity index (χ2n) is 7.08. The minimum absolute atomic E-state index is 0.120. The maximum atomic E-state index is 14.9. The predicted molar refractivity (Wildman–Crippen MR) is 119 cm³/mol. The van der Waals surface area contributed by atoms with Crippen molar-refractivity contribution >= 4 is 39.6 Å². The highest BCUT2D eigenvalue weighted by molar-refractivity contribution is 7.86. The summed E-state index contributed by atoms with van der Waals surface area (Å²) in [4.78, 5) is 16.8. The second-order valence-corrected chi connectivity index (χ2v) is 9.16. The minimum Gasteiger partial charge on any atom is -0.426 e. The fourth-order valence-electron chi connectivity index (χ4n) is 3.44. The largest absolute Gasteiger partial charge is 0.426 e. The fraction of sp³-hybridized carbons (Fsp3) is 0.238. The molecule has 1 aromatic heterocycles. The van der Waals surface area contributed by atoms with Gasteiger partial charge in [0.2, 0.25) is 0 Å². The van der Waals surface area contributed by atoms with Gasteiger partial charge >= 0.3 is 0 Å². The molecule has 10 heteroatoms. The summed E-state index contributed by atoms with van der Waals surface area (Å²) < 4.78 is 35.2. The lowest BCUT2D eigenvalue weighted by Gasteiger charge is -2.31. The van der Waals surface area contributed by atoms with E-state index in [2.05, 4.69) is 21.1 Å². The smallest absolute Gasteiger partial charge is 0.298 e. The first-order chi connectivity index (χ1) is 15.1. The number of hydrogen-bond donors (Lipinski definition) is 2. The molecular formula is C21H21FN4O3S2. The van der Waals surface area contributed by atoms with E-state index >= 15 is 0 Å². The number of hydrogen-bond acceptors (Lipinski definition) is 7. The molecule has 0 saturated carbocycles. The maximum Gasteiger partial charge on any atom is 0.298 e. The average Bonchev–Trinajstić information content (AvgIpc) is 3.22. The van der Waals surface area contributed by atoms with Gasteiger partial charge in [-0.2, -0.15) is 0 Å². The monoisotopic (exact) mass is 460 g/mol. The van der Waals surface area contributed by atoms with Crippen LogP contribution in [0.25, 0.3) is 0 Å². The van der Waals surface area contributed by atoms with Gasteiger partial charge in [-0.1, -0.05) is 24.3 Å². The number of halogens is 1. The first-order valence-corrected chi connectivity index (χ1v) is 11.6. The topological polar surface area (TPSA) is 83.6 Å². The summed E-state index contributed by atoms with van der Waals surface area (Å²) in [5, 5.41) is 5.39. The lowest BCUT2D eigenvalue weighted by atomic mass is 9.89. The minimum atomic E-state index is -1.90. The number of benzene rings is 2. The summed E-state index contributed by atoms with van der Waals surface area (Å²) in [7, 11) is -0.101. The van der Waals surface area contributed by atoms with Crippen LogP contribution in [-0.2, 0) is 22.3 Å². The van der Waals surface area contributed by atoms with Gasteiger partial charge in [-0.05, 0) is 11.1 Å². The van der Waals surface area contributed by atoms with Crippen LogP contribution in [0, 0.1) is 5.82 Å². The average molecular weight is 461 g/mol. The molecule has 0 spiro atoms. The lowest BCUT2D eigenvalue weighted by molar-refractivity contribution is -0.120. The van der Waals surface area contributed by atoms with E-state index < -0.39 is 16.8 Å². The van der Waals surface area contributed by atoms with Gasteiger partial charge in [-0.3, -0.25) is 9.52 Å². The molecule has 0 bridgehead atoms. The molecule has 2 N–H and O–H groups in total. The fourth-order valence-corrected chi connectivity index (χ4v) is 5.01. The van der Waals surface area contributed by atoms with Gasteiger partial charge in [0, 0.05) is 56.3 Å². The number of carbonyl (C=O) groups excluding carboxylic acids is 1. The zero-order chi connectivity index (χ0) is 21.8. The molecule has 162 valence electrons. The molecule has 4 rings (SSSR count). The van der Waals surface area contributed by atoms with Crippen LogP contribution in [0.5, 0.6) is 5.75 Å². The van der Waals surface area contributed by atoms with E-state index in [0.29, 0.717) is 23.3 Å². The van der Waals surface area contributed by atoms with Gasteiger partial charge in [0.25, 0.3) is 6.47 Å². The quantitative estimate of drug-likeness (QED) is 0.477. The van der Waals surface area contributed by atoms with Gasteiger partial charge in [0.05, 0.1) is 10.6 Å². The van der Waals surface area contributed by atoms with Gasteiger partial charge in [-0.15, -0.1) is 11.3 Å². The Bertz CT molecular complexity index is 1090. The third kappa shape index (κ3) is 4.76. The van der Waals surface area contributed by atoms with Crippen LogP contribution < -0.4 is 19.7 Å². The molecule has 2 heterocycles. The van der Waals surface area contributed by atoms with Crippen LogP contribution in [0.2, 0.25) is 0 Å². The van der Waals surface area contributed by atoms with E-state index in [1.54, 1.807) is 18.6 Å². The molecule has 3 aromatic rings. The molecule has 1 atom stereocenters. The highest BCUT2D eigenvalue weighted by Crippen LogP contribution is 2.34. The van der Waals surface area contributed by atoms with E-state index in [9.17, 15) is 13.4 Å². The predicted octanol–water partition coefficient (Wildman–Crippen LogP) is 3.28. The van der Waals surface area contributed by atoms with Gasteiger partial charge in [-0.25, -0.2) is 13.6 Å². The number of thiazole rings is 1. The molecule has 0 aliphatic carbocycles. The van der Waals surface area contributed by atoms with Crippen LogP contribution in [0.3, 0.4) is 0 Å². The third-order valence-electron chi connectivity index (χ3n) is 5.10. The standard InChI is InChI=1S/C21H21FN4O3S2/c1-26(12-14-4-2-3-5-16(14)15-10-23-11-15)18-8-17(22)20(9-19(18)29-13-27)31(28)25-21-24-6-7-30-21/h2-9,13,15,23H,10-12H2,1H3,(H,24,25). The maximum absolute atomic E-state index is 14.9. The van der Waals surface area contributed by atoms with E-state index in [0.717, 1.165) is 18.7 Å². The molecule has 1 aliphatic heterocycles. The van der Waals surface area contributed by atoms with Crippen molar-refractivity contribution in [2.75, 3.05) is 29.8 Å². The molecular weight excluding hydrogens is 439 g/mol. The Kier molecular flexibility index (Phi) is 6.59. The van der Waals surface area contributed by atoms with Gasteiger partial charge in [0.1, 0.15) is 5.82 Å². The van der Waals surface area contributed by atoms with Crippen molar-refractivity contribution in [3.05, 3.63) is 64.9 Å². The molecule has 0 radical (unpaired) electrons. The lowest BCUT2D eigenvalue weighted by Crippen LogP contribution is -2.40. The number of rotatable bonds is 9. The molecule has 31 heavy (non-hydrogen) atoms. The first-order valence-electron chi connectivity index (χ1n) is 9.58. The van der Waals surface area contributed by atoms with Crippen molar-refractivity contribution in [1.82, 2.24) is 10.3 Å². The zero-order valence-electron chi connectivity index (χ0n) is 16.7. The van der Waals surface area contributed by atoms with Gasteiger partial charge in [0.15, 0.2) is 21.9 Å². The number of nitrogens with one attached hydrogen (secondary N) is 2. The number of carbonyl (C=O) groups is 1. The van der Waals surface area contributed by atoms with Crippen LogP contribution in [0.15, 0.2) is 52.9 Å². The van der Waals surface area contributed by atoms with E-state index in [4.69, 9.17) is 4.74 Å². The normalized spacial score (nSPS) is 14.5. The summed E-state index contributed by atoms with van der Waals surface area (Å²) >= 11 is 1.25. The first kappa shape index (κ1) is 21.4. The van der Waals surface area contributed by atoms with Crippen molar-refractivity contribution in [3.8, 4) is 5.75 Å². The van der Waals surface area contributed by atoms with Crippen LogP contribution in [-0.4, -0.2) is 35.8 Å². The Morgan fingerprint density at radius 2 is 2.19 bits per heavy atom. The van der Waals surface area contributed by atoms with Crippen molar-refractivity contribution < 1.29 is 18.1 Å². The van der Waals surface area contributed by atoms with Crippen molar-refractivity contribution in [1.29, 1.82) is 0 Å². The Labute approximate surface area is 185 Å². The molecule has 1 fully saturated rings. The summed E-state index contributed by atoms with van der Waals surface area (Å²) in [5.74, 6) is -0.0845. The molecule has 1 saturated heterocycles. The molecule has 1 aliphatic rings. The second kappa shape index (κ2) is 9.54. The number of aromatic nitrogens is 1. The van der Waals surface area contributed by atoms with E-state index in [1.807, 2.05) is 23.1 Å². The Hall–Kier alpha value is -2.82.